The van der Waals surface area contributed by atoms with Crippen molar-refractivity contribution in [2.45, 2.75) is 23.8 Å². The zero-order valence-corrected chi connectivity index (χ0v) is 12.9. The largest absolute Gasteiger partial charge is 0.316 e. The Bertz CT molecular complexity index is 543. The first-order chi connectivity index (χ1) is 8.96. The molecular formula is C12H16Cl2N2O2S. The minimum Gasteiger partial charge on any atom is -0.316 e. The van der Waals surface area contributed by atoms with Crippen LogP contribution < -0.4 is 5.32 Å². The highest BCUT2D eigenvalue weighted by Gasteiger charge is 2.32. The first kappa shape index (κ1) is 15.1. The molecule has 1 atom stereocenters. The molecule has 0 amide bonds. The van der Waals surface area contributed by atoms with E-state index in [-0.39, 0.29) is 21.0 Å². The van der Waals surface area contributed by atoms with E-state index in [0.717, 1.165) is 12.8 Å². The van der Waals surface area contributed by atoms with E-state index < -0.39 is 10.0 Å². The fraction of sp³-hybridized carbons (Fsp3) is 0.500. The third-order valence-corrected chi connectivity index (χ3v) is 6.13. The van der Waals surface area contributed by atoms with Crippen molar-refractivity contribution in [3.8, 4) is 0 Å². The number of benzene rings is 1. The van der Waals surface area contributed by atoms with Gasteiger partial charge in [0.25, 0.3) is 0 Å². The number of nitrogens with zero attached hydrogens (tertiary/aromatic N) is 1. The van der Waals surface area contributed by atoms with Crippen LogP contribution in [-0.4, -0.2) is 38.9 Å². The highest BCUT2D eigenvalue weighted by atomic mass is 35.5. The molecule has 0 aromatic heterocycles. The van der Waals surface area contributed by atoms with Crippen molar-refractivity contribution < 1.29 is 8.42 Å². The standard InChI is InChI=1S/C12H16Cl2N2O2S/c1-15-9-4-3-7-16(8-9)19(17,18)12-10(13)5-2-6-11(12)14/h2,5-6,9,15H,3-4,7-8H2,1H3/t9-/m1/s1. The summed E-state index contributed by atoms with van der Waals surface area (Å²) >= 11 is 12.0. The molecule has 0 unspecified atom stereocenters. The number of halogens is 2. The predicted molar refractivity (Wildman–Crippen MR) is 77.3 cm³/mol. The van der Waals surface area contributed by atoms with Gasteiger partial charge >= 0.3 is 0 Å². The average molecular weight is 323 g/mol. The highest BCUT2D eigenvalue weighted by Crippen LogP contribution is 2.32. The van der Waals surface area contributed by atoms with Crippen LogP contribution in [-0.2, 0) is 10.0 Å². The van der Waals surface area contributed by atoms with E-state index in [1.165, 1.54) is 4.31 Å². The second-order valence-corrected chi connectivity index (χ2v) is 7.23. The van der Waals surface area contributed by atoms with E-state index in [4.69, 9.17) is 23.2 Å². The highest BCUT2D eigenvalue weighted by molar-refractivity contribution is 7.89. The summed E-state index contributed by atoms with van der Waals surface area (Å²) < 4.78 is 26.7. The van der Waals surface area contributed by atoms with Gasteiger partial charge in [-0.1, -0.05) is 29.3 Å². The lowest BCUT2D eigenvalue weighted by molar-refractivity contribution is 0.293. The van der Waals surface area contributed by atoms with Crippen molar-refractivity contribution in [1.82, 2.24) is 9.62 Å². The number of likely N-dealkylation sites (N-methyl/N-ethyl adjacent to an activating group) is 1. The lowest BCUT2D eigenvalue weighted by Crippen LogP contribution is -2.46. The summed E-state index contributed by atoms with van der Waals surface area (Å²) in [5, 5.41) is 3.45. The van der Waals surface area contributed by atoms with Crippen molar-refractivity contribution in [2.75, 3.05) is 20.1 Å². The number of nitrogens with one attached hydrogen (secondary N) is 1. The van der Waals surface area contributed by atoms with Crippen molar-refractivity contribution >= 4 is 33.2 Å². The molecule has 19 heavy (non-hydrogen) atoms. The van der Waals surface area contributed by atoms with Gasteiger partial charge in [-0.15, -0.1) is 0 Å². The Morgan fingerprint density at radius 2 is 1.95 bits per heavy atom. The van der Waals surface area contributed by atoms with Crippen molar-refractivity contribution in [3.05, 3.63) is 28.2 Å². The Hall–Kier alpha value is -0.330. The number of hydrogen-bond donors (Lipinski definition) is 1. The number of rotatable bonds is 3. The smallest absolute Gasteiger partial charge is 0.246 e. The van der Waals surface area contributed by atoms with Gasteiger partial charge in [-0.05, 0) is 32.0 Å². The van der Waals surface area contributed by atoms with Crippen LogP contribution in [0.25, 0.3) is 0 Å². The second kappa shape index (κ2) is 5.97. The van der Waals surface area contributed by atoms with E-state index in [2.05, 4.69) is 5.32 Å². The molecule has 7 heteroatoms. The molecule has 0 bridgehead atoms. The van der Waals surface area contributed by atoms with E-state index in [1.807, 2.05) is 7.05 Å². The van der Waals surface area contributed by atoms with Crippen LogP contribution in [0.15, 0.2) is 23.1 Å². The topological polar surface area (TPSA) is 49.4 Å². The summed E-state index contributed by atoms with van der Waals surface area (Å²) in [6.45, 7) is 0.947. The number of hydrogen-bond acceptors (Lipinski definition) is 3. The Labute approximate surface area is 123 Å². The molecule has 2 rings (SSSR count). The molecule has 4 nitrogen and oxygen atoms in total. The van der Waals surface area contributed by atoms with Crippen molar-refractivity contribution in [2.24, 2.45) is 0 Å². The third kappa shape index (κ3) is 3.06. The Balaban J connectivity index is 2.37. The Kier molecular flexibility index (Phi) is 4.74. The van der Waals surface area contributed by atoms with Gasteiger partial charge in [-0.3, -0.25) is 0 Å². The maximum absolute atomic E-state index is 12.6. The third-order valence-electron chi connectivity index (χ3n) is 3.31. The van der Waals surface area contributed by atoms with Crippen molar-refractivity contribution in [1.29, 1.82) is 0 Å². The average Bonchev–Trinajstić information content (AvgIpc) is 2.38. The lowest BCUT2D eigenvalue weighted by atomic mass is 10.1. The molecule has 0 saturated carbocycles. The van der Waals surface area contributed by atoms with Crippen LogP contribution in [0.2, 0.25) is 10.0 Å². The van der Waals surface area contributed by atoms with Crippen LogP contribution in [0.1, 0.15) is 12.8 Å². The summed E-state index contributed by atoms with van der Waals surface area (Å²) in [5.74, 6) is 0. The molecule has 1 aromatic rings. The summed E-state index contributed by atoms with van der Waals surface area (Å²) in [5.41, 5.74) is 0. The maximum Gasteiger partial charge on any atom is 0.246 e. The molecular weight excluding hydrogens is 307 g/mol. The van der Waals surface area contributed by atoms with Crippen molar-refractivity contribution in [3.63, 3.8) is 0 Å². The molecule has 1 aliphatic heterocycles. The molecule has 1 N–H and O–H groups in total. The molecule has 1 aromatic carbocycles. The number of piperidine rings is 1. The molecule has 1 fully saturated rings. The summed E-state index contributed by atoms with van der Waals surface area (Å²) in [7, 11) is -1.80. The van der Waals surface area contributed by atoms with E-state index in [1.54, 1.807) is 18.2 Å². The summed E-state index contributed by atoms with van der Waals surface area (Å²) in [4.78, 5) is 0.00934. The lowest BCUT2D eigenvalue weighted by Gasteiger charge is -2.32. The molecule has 0 radical (unpaired) electrons. The maximum atomic E-state index is 12.6. The molecule has 0 aliphatic carbocycles. The van der Waals surface area contributed by atoms with Crippen LogP contribution in [0.3, 0.4) is 0 Å². The summed E-state index contributed by atoms with van der Waals surface area (Å²) in [6, 6.07) is 4.89. The minimum absolute atomic E-state index is 0.00934. The quantitative estimate of drug-likeness (QED) is 0.929. The first-order valence-corrected chi connectivity index (χ1v) is 8.28. The summed E-state index contributed by atoms with van der Waals surface area (Å²) in [6.07, 6.45) is 1.80. The van der Waals surface area contributed by atoms with Gasteiger partial charge in [0, 0.05) is 19.1 Å². The predicted octanol–water partition coefficient (Wildman–Crippen LogP) is 2.37. The Morgan fingerprint density at radius 3 is 2.53 bits per heavy atom. The molecule has 1 heterocycles. The molecule has 106 valence electrons. The molecule has 1 aliphatic rings. The van der Waals surface area contributed by atoms with E-state index in [9.17, 15) is 8.42 Å². The fourth-order valence-corrected chi connectivity index (χ4v) is 4.87. The number of sulfonamides is 1. The normalized spacial score (nSPS) is 21.5. The van der Waals surface area contributed by atoms with E-state index in [0.29, 0.717) is 13.1 Å². The van der Waals surface area contributed by atoms with Gasteiger partial charge in [0.1, 0.15) is 4.90 Å². The van der Waals surface area contributed by atoms with Crippen LogP contribution in [0.4, 0.5) is 0 Å². The zero-order valence-electron chi connectivity index (χ0n) is 10.6. The monoisotopic (exact) mass is 322 g/mol. The molecule has 0 spiro atoms. The van der Waals surface area contributed by atoms with Gasteiger partial charge in [0.2, 0.25) is 10.0 Å². The second-order valence-electron chi connectivity index (χ2n) is 4.54. The Morgan fingerprint density at radius 1 is 1.32 bits per heavy atom. The SMILES string of the molecule is CN[C@@H]1CCCN(S(=O)(=O)c2c(Cl)cccc2Cl)C1. The van der Waals surface area contributed by atoms with Gasteiger partial charge in [0.15, 0.2) is 0 Å². The molecule has 1 saturated heterocycles. The van der Waals surface area contributed by atoms with Gasteiger partial charge < -0.3 is 5.32 Å². The zero-order chi connectivity index (χ0) is 14.0. The van der Waals surface area contributed by atoms with Crippen LogP contribution >= 0.6 is 23.2 Å². The van der Waals surface area contributed by atoms with Gasteiger partial charge in [-0.2, -0.15) is 4.31 Å². The fourth-order valence-electron chi connectivity index (χ4n) is 2.25. The van der Waals surface area contributed by atoms with Gasteiger partial charge in [-0.25, -0.2) is 8.42 Å². The van der Waals surface area contributed by atoms with Crippen LogP contribution in [0, 0.1) is 0 Å². The van der Waals surface area contributed by atoms with E-state index >= 15 is 0 Å². The minimum atomic E-state index is -3.64. The van der Waals surface area contributed by atoms with Crippen LogP contribution in [0.5, 0.6) is 0 Å². The first-order valence-electron chi connectivity index (χ1n) is 6.08. The van der Waals surface area contributed by atoms with Gasteiger partial charge in [0.05, 0.1) is 10.0 Å².